The molecule has 6 heteroatoms. The molecule has 6 nitrogen and oxygen atoms in total. The van der Waals surface area contributed by atoms with Crippen LogP contribution in [-0.4, -0.2) is 41.3 Å². The Morgan fingerprint density at radius 2 is 1.88 bits per heavy atom. The van der Waals surface area contributed by atoms with Crippen LogP contribution in [0.15, 0.2) is 29.3 Å². The average Bonchev–Trinajstić information content (AvgIpc) is 2.87. The van der Waals surface area contributed by atoms with E-state index in [4.69, 9.17) is 0 Å². The van der Waals surface area contributed by atoms with Gasteiger partial charge in [-0.15, -0.1) is 0 Å². The first-order valence-corrected chi connectivity index (χ1v) is 9.14. The Bertz CT molecular complexity index is 747. The summed E-state index contributed by atoms with van der Waals surface area (Å²) >= 11 is 0. The minimum absolute atomic E-state index is 0.715. The highest BCUT2D eigenvalue weighted by atomic mass is 15.3. The normalized spacial score (nSPS) is 11.9. The molecule has 1 aromatic carbocycles. The summed E-state index contributed by atoms with van der Waals surface area (Å²) in [6.45, 7) is 9.78. The van der Waals surface area contributed by atoms with E-state index in [9.17, 15) is 0 Å². The van der Waals surface area contributed by atoms with Crippen LogP contribution in [0.3, 0.4) is 0 Å². The van der Waals surface area contributed by atoms with Crippen molar-refractivity contribution >= 4 is 5.96 Å². The van der Waals surface area contributed by atoms with Crippen LogP contribution in [-0.2, 0) is 26.7 Å². The third-order valence-corrected chi connectivity index (χ3v) is 4.76. The highest BCUT2D eigenvalue weighted by Gasteiger charge is 2.09. The summed E-state index contributed by atoms with van der Waals surface area (Å²) in [4.78, 5) is 6.62. The van der Waals surface area contributed by atoms with Gasteiger partial charge in [-0.1, -0.05) is 31.2 Å². The summed E-state index contributed by atoms with van der Waals surface area (Å²) in [7, 11) is 5.91. The second-order valence-electron chi connectivity index (χ2n) is 6.70. The molecule has 0 atom stereocenters. The van der Waals surface area contributed by atoms with Crippen LogP contribution in [0.5, 0.6) is 0 Å². The number of rotatable bonds is 7. The lowest BCUT2D eigenvalue weighted by Crippen LogP contribution is -2.36. The molecule has 2 aromatic rings. The number of nitrogens with one attached hydrogen (secondary N) is 2. The maximum Gasteiger partial charge on any atom is 0.191 e. The van der Waals surface area contributed by atoms with Crippen molar-refractivity contribution in [1.82, 2.24) is 25.3 Å². The Kier molecular flexibility index (Phi) is 7.21. The quantitative estimate of drug-likeness (QED) is 0.591. The Balaban J connectivity index is 1.92. The molecule has 0 spiro atoms. The SMILES string of the molecule is CCN(C)Cc1cccc(CNC(=NC)NCc2c(C)nn(C)c2C)c1. The predicted octanol–water partition coefficient (Wildman–Crippen LogP) is 2.35. The Morgan fingerprint density at radius 1 is 1.19 bits per heavy atom. The van der Waals surface area contributed by atoms with Crippen molar-refractivity contribution in [1.29, 1.82) is 0 Å². The molecule has 0 bridgehead atoms. The van der Waals surface area contributed by atoms with Gasteiger partial charge in [0, 0.05) is 45.0 Å². The van der Waals surface area contributed by atoms with Crippen molar-refractivity contribution in [3.63, 3.8) is 0 Å². The molecule has 26 heavy (non-hydrogen) atoms. The number of benzene rings is 1. The van der Waals surface area contributed by atoms with Crippen LogP contribution >= 0.6 is 0 Å². The summed E-state index contributed by atoms with van der Waals surface area (Å²) in [5, 5.41) is 11.2. The molecule has 0 saturated heterocycles. The molecule has 1 aromatic heterocycles. The lowest BCUT2D eigenvalue weighted by Gasteiger charge is -2.15. The number of guanidine groups is 1. The lowest BCUT2D eigenvalue weighted by molar-refractivity contribution is 0.345. The molecule has 0 saturated carbocycles. The van der Waals surface area contributed by atoms with Crippen LogP contribution < -0.4 is 10.6 Å². The van der Waals surface area contributed by atoms with Crippen molar-refractivity contribution in [2.24, 2.45) is 12.0 Å². The molecule has 2 N–H and O–H groups in total. The van der Waals surface area contributed by atoms with Gasteiger partial charge >= 0.3 is 0 Å². The largest absolute Gasteiger partial charge is 0.352 e. The highest BCUT2D eigenvalue weighted by Crippen LogP contribution is 2.11. The summed E-state index contributed by atoms with van der Waals surface area (Å²) in [6.07, 6.45) is 0. The van der Waals surface area contributed by atoms with Gasteiger partial charge in [0.2, 0.25) is 0 Å². The first-order valence-electron chi connectivity index (χ1n) is 9.14. The van der Waals surface area contributed by atoms with Crippen LogP contribution in [0.1, 0.15) is 35.0 Å². The number of hydrogen-bond donors (Lipinski definition) is 2. The fraction of sp³-hybridized carbons (Fsp3) is 0.500. The zero-order valence-electron chi connectivity index (χ0n) is 16.9. The zero-order chi connectivity index (χ0) is 19.1. The van der Waals surface area contributed by atoms with Gasteiger partial charge in [-0.05, 0) is 38.6 Å². The number of aromatic nitrogens is 2. The molecular formula is C20H32N6. The third kappa shape index (κ3) is 5.33. The van der Waals surface area contributed by atoms with E-state index >= 15 is 0 Å². The molecule has 0 aliphatic heterocycles. The molecule has 0 unspecified atom stereocenters. The first-order chi connectivity index (χ1) is 12.4. The monoisotopic (exact) mass is 356 g/mol. The van der Waals surface area contributed by atoms with Crippen molar-refractivity contribution in [2.75, 3.05) is 20.6 Å². The molecule has 0 radical (unpaired) electrons. The molecule has 1 heterocycles. The van der Waals surface area contributed by atoms with Crippen LogP contribution in [0.4, 0.5) is 0 Å². The summed E-state index contributed by atoms with van der Waals surface area (Å²) < 4.78 is 1.92. The average molecular weight is 357 g/mol. The summed E-state index contributed by atoms with van der Waals surface area (Å²) in [6, 6.07) is 8.69. The van der Waals surface area contributed by atoms with Gasteiger partial charge in [-0.2, -0.15) is 5.10 Å². The highest BCUT2D eigenvalue weighted by molar-refractivity contribution is 5.79. The summed E-state index contributed by atoms with van der Waals surface area (Å²) in [5.74, 6) is 0.795. The molecule has 2 rings (SSSR count). The van der Waals surface area contributed by atoms with Gasteiger partial charge in [0.1, 0.15) is 0 Å². The number of aliphatic imine (C=N–C) groups is 1. The molecule has 0 aliphatic carbocycles. The van der Waals surface area contributed by atoms with E-state index in [2.05, 4.69) is 70.8 Å². The van der Waals surface area contributed by atoms with Crippen molar-refractivity contribution in [3.05, 3.63) is 52.3 Å². The number of nitrogens with zero attached hydrogens (tertiary/aromatic N) is 4. The third-order valence-electron chi connectivity index (χ3n) is 4.76. The second kappa shape index (κ2) is 9.38. The van der Waals surface area contributed by atoms with E-state index in [0.29, 0.717) is 6.54 Å². The van der Waals surface area contributed by atoms with Crippen molar-refractivity contribution < 1.29 is 0 Å². The minimum Gasteiger partial charge on any atom is -0.352 e. The van der Waals surface area contributed by atoms with Gasteiger partial charge in [-0.25, -0.2) is 0 Å². The smallest absolute Gasteiger partial charge is 0.191 e. The zero-order valence-corrected chi connectivity index (χ0v) is 16.9. The van der Waals surface area contributed by atoms with Crippen molar-refractivity contribution in [3.8, 4) is 0 Å². The first kappa shape index (κ1) is 20.0. The van der Waals surface area contributed by atoms with Crippen LogP contribution in [0.25, 0.3) is 0 Å². The second-order valence-corrected chi connectivity index (χ2v) is 6.70. The van der Waals surface area contributed by atoms with E-state index in [1.54, 1.807) is 7.05 Å². The number of aryl methyl sites for hydroxylation is 2. The van der Waals surface area contributed by atoms with Crippen LogP contribution in [0, 0.1) is 13.8 Å². The van der Waals surface area contributed by atoms with Gasteiger partial charge in [0.15, 0.2) is 5.96 Å². The predicted molar refractivity (Wildman–Crippen MR) is 108 cm³/mol. The fourth-order valence-electron chi connectivity index (χ4n) is 2.91. The molecule has 0 aliphatic rings. The van der Waals surface area contributed by atoms with E-state index in [1.165, 1.54) is 22.4 Å². The van der Waals surface area contributed by atoms with Gasteiger partial charge in [-0.3, -0.25) is 9.67 Å². The van der Waals surface area contributed by atoms with E-state index < -0.39 is 0 Å². The molecule has 0 fully saturated rings. The Morgan fingerprint density at radius 3 is 2.50 bits per heavy atom. The topological polar surface area (TPSA) is 57.5 Å². The van der Waals surface area contributed by atoms with Gasteiger partial charge in [0.25, 0.3) is 0 Å². The number of hydrogen-bond acceptors (Lipinski definition) is 3. The van der Waals surface area contributed by atoms with Crippen molar-refractivity contribution in [2.45, 2.75) is 40.4 Å². The van der Waals surface area contributed by atoms with Gasteiger partial charge in [0.05, 0.1) is 5.69 Å². The lowest BCUT2D eigenvalue weighted by atomic mass is 10.1. The maximum atomic E-state index is 4.46. The van der Waals surface area contributed by atoms with E-state index in [-0.39, 0.29) is 0 Å². The van der Waals surface area contributed by atoms with Crippen LogP contribution in [0.2, 0.25) is 0 Å². The molecular weight excluding hydrogens is 324 g/mol. The molecule has 142 valence electrons. The standard InChI is InChI=1S/C20H32N6/c1-7-25(5)14-18-10-8-9-17(11-18)12-22-20(21-4)23-13-19-15(2)24-26(6)16(19)3/h8-11H,7,12-14H2,1-6H3,(H2,21,22,23). The fourth-order valence-corrected chi connectivity index (χ4v) is 2.91. The Labute approximate surface area is 157 Å². The van der Waals surface area contributed by atoms with E-state index in [0.717, 1.165) is 31.3 Å². The Hall–Kier alpha value is -2.34. The maximum absolute atomic E-state index is 4.46. The minimum atomic E-state index is 0.715. The summed E-state index contributed by atoms with van der Waals surface area (Å²) in [5.41, 5.74) is 6.04. The van der Waals surface area contributed by atoms with E-state index in [1.807, 2.05) is 18.7 Å². The molecule has 0 amide bonds. The van der Waals surface area contributed by atoms with Gasteiger partial charge < -0.3 is 15.5 Å².